The van der Waals surface area contributed by atoms with Crippen LogP contribution in [0.25, 0.3) is 0 Å². The Morgan fingerprint density at radius 3 is 2.66 bits per heavy atom. The van der Waals surface area contributed by atoms with E-state index in [0.29, 0.717) is 42.9 Å². The smallest absolute Gasteiger partial charge is 0.269 e. The Morgan fingerprint density at radius 2 is 1.88 bits per heavy atom. The summed E-state index contributed by atoms with van der Waals surface area (Å²) in [5.41, 5.74) is 6.24. The number of benzene rings is 2. The molecule has 2 aromatic carbocycles. The van der Waals surface area contributed by atoms with Crippen LogP contribution in [0.2, 0.25) is 0 Å². The summed E-state index contributed by atoms with van der Waals surface area (Å²) in [7, 11) is 0. The molecule has 9 nitrogen and oxygen atoms in total. The van der Waals surface area contributed by atoms with Gasteiger partial charge in [-0.1, -0.05) is 36.4 Å². The van der Waals surface area contributed by atoms with Gasteiger partial charge < -0.3 is 14.7 Å². The maximum atomic E-state index is 13.4. The highest BCUT2D eigenvalue weighted by Gasteiger charge is 2.31. The third kappa shape index (κ3) is 5.29. The van der Waals surface area contributed by atoms with Crippen molar-refractivity contribution in [3.63, 3.8) is 0 Å². The molecular weight excluding hydrogens is 514 g/mol. The average Bonchev–Trinajstić information content (AvgIpc) is 3.39. The molecule has 1 amide bonds. The van der Waals surface area contributed by atoms with E-state index >= 15 is 0 Å². The number of nitrogens with zero attached hydrogens (tertiary/aromatic N) is 6. The van der Waals surface area contributed by atoms with Crippen LogP contribution in [0.5, 0.6) is 0 Å². The average molecular weight is 546 g/mol. The highest BCUT2D eigenvalue weighted by atomic mass is 16.2. The van der Waals surface area contributed by atoms with Gasteiger partial charge >= 0.3 is 0 Å². The van der Waals surface area contributed by atoms with E-state index in [-0.39, 0.29) is 17.5 Å². The number of carbonyl (C=O) groups excluding carboxylic acids is 1. The van der Waals surface area contributed by atoms with E-state index in [1.807, 2.05) is 36.1 Å². The van der Waals surface area contributed by atoms with Gasteiger partial charge in [0, 0.05) is 50.0 Å². The van der Waals surface area contributed by atoms with Crippen molar-refractivity contribution in [1.82, 2.24) is 20.1 Å². The Hall–Kier alpha value is -4.97. The van der Waals surface area contributed by atoms with Crippen LogP contribution >= 0.6 is 0 Å². The molecule has 1 N–H and O–H groups in total. The Morgan fingerprint density at radius 1 is 1.05 bits per heavy atom. The van der Waals surface area contributed by atoms with E-state index in [2.05, 4.69) is 61.4 Å². The van der Waals surface area contributed by atoms with Crippen LogP contribution in [0.15, 0.2) is 77.9 Å². The Kier molecular flexibility index (Phi) is 7.21. The number of nitrogens with one attached hydrogen (secondary N) is 1. The van der Waals surface area contributed by atoms with Crippen molar-refractivity contribution in [2.75, 3.05) is 36.0 Å². The molecule has 0 spiro atoms. The quantitative estimate of drug-likeness (QED) is 0.390. The standard InChI is InChI=1S/C32H31N7O2/c1-22-29(20-35-36-31(22)40)39-21-26-6-2-3-8-27(26)28(39)11-9-23-5-4-7-25(17-23)32(41)38-15-13-37(14-16-38)30-12-10-24(18-33)19-34-30/h2-8,10,12,17,19-20,28H,9,11,13-16,21H2,1H3,(H,36,40). The maximum Gasteiger partial charge on any atom is 0.269 e. The summed E-state index contributed by atoms with van der Waals surface area (Å²) >= 11 is 0. The number of piperazine rings is 1. The van der Waals surface area contributed by atoms with Crippen LogP contribution in [0.4, 0.5) is 11.5 Å². The molecule has 6 rings (SSSR count). The highest BCUT2D eigenvalue weighted by Crippen LogP contribution is 2.40. The Balaban J connectivity index is 1.13. The molecule has 206 valence electrons. The van der Waals surface area contributed by atoms with Crippen LogP contribution in [-0.2, 0) is 13.0 Å². The summed E-state index contributed by atoms with van der Waals surface area (Å²) in [5.74, 6) is 0.865. The zero-order valence-corrected chi connectivity index (χ0v) is 23.0. The van der Waals surface area contributed by atoms with Crippen molar-refractivity contribution in [2.45, 2.75) is 32.4 Å². The van der Waals surface area contributed by atoms with Crippen molar-refractivity contribution in [3.05, 3.63) is 117 Å². The number of hydrogen-bond donors (Lipinski definition) is 1. The number of nitriles is 1. The number of anilines is 2. The number of aromatic amines is 1. The van der Waals surface area contributed by atoms with Gasteiger partial charge in [-0.15, -0.1) is 0 Å². The molecule has 1 unspecified atom stereocenters. The van der Waals surface area contributed by atoms with E-state index in [1.165, 1.54) is 11.1 Å². The van der Waals surface area contributed by atoms with Crippen LogP contribution in [-0.4, -0.2) is 52.2 Å². The molecule has 1 saturated heterocycles. The first-order chi connectivity index (χ1) is 20.0. The number of H-pyrrole nitrogens is 1. The first-order valence-electron chi connectivity index (χ1n) is 13.9. The predicted octanol–water partition coefficient (Wildman–Crippen LogP) is 4.00. The molecule has 1 fully saturated rings. The van der Waals surface area contributed by atoms with Gasteiger partial charge in [0.05, 0.1) is 23.5 Å². The number of amides is 1. The van der Waals surface area contributed by atoms with E-state index in [9.17, 15) is 9.59 Å². The van der Waals surface area contributed by atoms with Gasteiger partial charge in [-0.3, -0.25) is 9.59 Å². The van der Waals surface area contributed by atoms with Gasteiger partial charge in [-0.25, -0.2) is 10.1 Å². The number of aryl methyl sites for hydroxylation is 1. The molecule has 1 atom stereocenters. The van der Waals surface area contributed by atoms with Crippen LogP contribution in [0.1, 0.15) is 50.6 Å². The van der Waals surface area contributed by atoms with E-state index in [0.717, 1.165) is 36.5 Å². The topological polar surface area (TPSA) is 109 Å². The minimum Gasteiger partial charge on any atom is -0.358 e. The zero-order chi connectivity index (χ0) is 28.3. The van der Waals surface area contributed by atoms with Gasteiger partial charge in [0.25, 0.3) is 11.5 Å². The summed E-state index contributed by atoms with van der Waals surface area (Å²) in [5, 5.41) is 15.6. The second-order valence-electron chi connectivity index (χ2n) is 10.6. The number of rotatable bonds is 6. The normalized spacial score (nSPS) is 16.4. The summed E-state index contributed by atoms with van der Waals surface area (Å²) < 4.78 is 0. The second kappa shape index (κ2) is 11.3. The molecule has 0 saturated carbocycles. The molecule has 41 heavy (non-hydrogen) atoms. The van der Waals surface area contributed by atoms with Gasteiger partial charge in [0.1, 0.15) is 11.9 Å². The minimum atomic E-state index is -0.169. The van der Waals surface area contributed by atoms with Crippen LogP contribution in [0.3, 0.4) is 0 Å². The fourth-order valence-electron chi connectivity index (χ4n) is 5.89. The lowest BCUT2D eigenvalue weighted by Gasteiger charge is -2.35. The summed E-state index contributed by atoms with van der Waals surface area (Å²) in [6.45, 7) is 5.18. The van der Waals surface area contributed by atoms with Crippen molar-refractivity contribution in [3.8, 4) is 6.07 Å². The zero-order valence-electron chi connectivity index (χ0n) is 23.0. The van der Waals surface area contributed by atoms with Crippen LogP contribution in [0, 0.1) is 18.3 Å². The largest absolute Gasteiger partial charge is 0.358 e. The van der Waals surface area contributed by atoms with Gasteiger partial charge in [0.15, 0.2) is 0 Å². The minimum absolute atomic E-state index is 0.0392. The SMILES string of the molecule is Cc1c(N2Cc3ccccc3C2CCc2cccc(C(=O)N3CCN(c4ccc(C#N)cn4)CC3)c2)cn[nH]c1=O. The lowest BCUT2D eigenvalue weighted by atomic mass is 9.97. The number of hydrogen-bond acceptors (Lipinski definition) is 7. The molecular formula is C32H31N7O2. The summed E-state index contributed by atoms with van der Waals surface area (Å²) in [6.07, 6.45) is 4.97. The van der Waals surface area contributed by atoms with Gasteiger partial charge in [-0.05, 0) is 60.7 Å². The summed E-state index contributed by atoms with van der Waals surface area (Å²) in [6, 6.07) is 22.2. The molecule has 0 radical (unpaired) electrons. The number of carbonyl (C=O) groups is 1. The van der Waals surface area contributed by atoms with Gasteiger partial charge in [-0.2, -0.15) is 10.4 Å². The monoisotopic (exact) mass is 545 g/mol. The molecule has 2 aliphatic rings. The lowest BCUT2D eigenvalue weighted by Crippen LogP contribution is -2.49. The van der Waals surface area contributed by atoms with Crippen molar-refractivity contribution in [2.24, 2.45) is 0 Å². The number of aromatic nitrogens is 3. The summed E-state index contributed by atoms with van der Waals surface area (Å²) in [4.78, 5) is 36.4. The third-order valence-corrected chi connectivity index (χ3v) is 8.17. The molecule has 0 aliphatic carbocycles. The molecule has 4 heterocycles. The van der Waals surface area contributed by atoms with Crippen molar-refractivity contribution < 1.29 is 4.79 Å². The molecule has 2 aliphatic heterocycles. The first kappa shape index (κ1) is 26.3. The predicted molar refractivity (Wildman–Crippen MR) is 157 cm³/mol. The highest BCUT2D eigenvalue weighted by molar-refractivity contribution is 5.94. The molecule has 2 aromatic heterocycles. The number of pyridine rings is 1. The fraction of sp³-hybridized carbons (Fsp3) is 0.281. The molecule has 4 aromatic rings. The molecule has 9 heteroatoms. The van der Waals surface area contributed by atoms with E-state index in [1.54, 1.807) is 18.5 Å². The Labute approximate surface area is 238 Å². The molecule has 0 bridgehead atoms. The lowest BCUT2D eigenvalue weighted by molar-refractivity contribution is 0.0746. The van der Waals surface area contributed by atoms with Crippen molar-refractivity contribution >= 4 is 17.4 Å². The second-order valence-corrected chi connectivity index (χ2v) is 10.6. The third-order valence-electron chi connectivity index (χ3n) is 8.17. The van der Waals surface area contributed by atoms with Gasteiger partial charge in [0.2, 0.25) is 0 Å². The van der Waals surface area contributed by atoms with E-state index in [4.69, 9.17) is 5.26 Å². The Bertz CT molecular complexity index is 1670. The maximum absolute atomic E-state index is 13.4. The first-order valence-corrected chi connectivity index (χ1v) is 13.9. The van der Waals surface area contributed by atoms with Crippen molar-refractivity contribution in [1.29, 1.82) is 5.26 Å². The fourth-order valence-corrected chi connectivity index (χ4v) is 5.89. The van der Waals surface area contributed by atoms with Crippen LogP contribution < -0.4 is 15.4 Å². The van der Waals surface area contributed by atoms with E-state index < -0.39 is 0 Å². The number of fused-ring (bicyclic) bond motifs is 1.